The number of hydrogen-bond donors (Lipinski definition) is 2. The molecule has 106 valence electrons. The summed E-state index contributed by atoms with van der Waals surface area (Å²) in [6, 6.07) is 7.16. The maximum Gasteiger partial charge on any atom is 0.252 e. The molecule has 0 aliphatic rings. The summed E-state index contributed by atoms with van der Waals surface area (Å²) in [6.07, 6.45) is 0. The highest BCUT2D eigenvalue weighted by atomic mass is 32.1. The van der Waals surface area contributed by atoms with Crippen molar-refractivity contribution < 1.29 is 9.84 Å². The Labute approximate surface area is 121 Å². The maximum atomic E-state index is 11.7. The van der Waals surface area contributed by atoms with Gasteiger partial charge in [0.2, 0.25) is 0 Å². The first-order valence-corrected chi connectivity index (χ1v) is 6.57. The molecule has 0 spiro atoms. The van der Waals surface area contributed by atoms with Crippen LogP contribution in [0.5, 0.6) is 5.75 Å². The number of ether oxygens (including phenoxy) is 1. The summed E-state index contributed by atoms with van der Waals surface area (Å²) >= 11 is 5.16. The minimum absolute atomic E-state index is 0.0680. The van der Waals surface area contributed by atoms with E-state index in [1.807, 2.05) is 25.1 Å². The Hall–Kier alpha value is -1.92. The van der Waals surface area contributed by atoms with Crippen LogP contribution in [0.4, 0.5) is 0 Å². The van der Waals surface area contributed by atoms with Crippen molar-refractivity contribution in [3.05, 3.63) is 45.0 Å². The predicted octanol–water partition coefficient (Wildman–Crippen LogP) is 1.88. The first kappa shape index (κ1) is 14.5. The minimum Gasteiger partial charge on any atom is -0.496 e. The highest BCUT2D eigenvalue weighted by Gasteiger charge is 2.12. The number of aromatic nitrogens is 2. The van der Waals surface area contributed by atoms with Gasteiger partial charge < -0.3 is 14.4 Å². The molecule has 1 aromatic carbocycles. The summed E-state index contributed by atoms with van der Waals surface area (Å²) in [5.74, 6) is 0.655. The summed E-state index contributed by atoms with van der Waals surface area (Å²) < 4.78 is 7.32. The van der Waals surface area contributed by atoms with Gasteiger partial charge in [-0.1, -0.05) is 11.6 Å². The van der Waals surface area contributed by atoms with Crippen LogP contribution < -0.4 is 10.3 Å². The first-order valence-electron chi connectivity index (χ1n) is 6.17. The SMILES string of the molecule is COc1ccc(C)cc1-c1cc(=O)[nH]c(=S)n1CCO. The number of benzene rings is 1. The van der Waals surface area contributed by atoms with Crippen molar-refractivity contribution >= 4 is 12.2 Å². The van der Waals surface area contributed by atoms with E-state index in [4.69, 9.17) is 17.0 Å². The number of aryl methyl sites for hydroxylation is 1. The lowest BCUT2D eigenvalue weighted by Crippen LogP contribution is -2.16. The maximum absolute atomic E-state index is 11.7. The third kappa shape index (κ3) is 2.81. The Morgan fingerprint density at radius 3 is 2.80 bits per heavy atom. The van der Waals surface area contributed by atoms with Crippen molar-refractivity contribution in [1.29, 1.82) is 0 Å². The van der Waals surface area contributed by atoms with Gasteiger partial charge in [0.25, 0.3) is 5.56 Å². The van der Waals surface area contributed by atoms with E-state index in [1.54, 1.807) is 11.7 Å². The van der Waals surface area contributed by atoms with E-state index in [2.05, 4.69) is 4.98 Å². The third-order valence-corrected chi connectivity index (χ3v) is 3.31. The van der Waals surface area contributed by atoms with Crippen molar-refractivity contribution in [3.8, 4) is 17.0 Å². The average Bonchev–Trinajstić information content (AvgIpc) is 2.41. The lowest BCUT2D eigenvalue weighted by molar-refractivity contribution is 0.275. The smallest absolute Gasteiger partial charge is 0.252 e. The van der Waals surface area contributed by atoms with Gasteiger partial charge in [-0.25, -0.2) is 0 Å². The molecule has 2 aromatic rings. The highest BCUT2D eigenvalue weighted by Crippen LogP contribution is 2.30. The van der Waals surface area contributed by atoms with Gasteiger partial charge in [0.05, 0.1) is 19.4 Å². The normalized spacial score (nSPS) is 10.6. The fourth-order valence-corrected chi connectivity index (χ4v) is 2.38. The van der Waals surface area contributed by atoms with Crippen LogP contribution in [0.25, 0.3) is 11.3 Å². The summed E-state index contributed by atoms with van der Waals surface area (Å²) in [5.41, 5.74) is 2.18. The van der Waals surface area contributed by atoms with E-state index in [0.717, 1.165) is 11.1 Å². The third-order valence-electron chi connectivity index (χ3n) is 2.99. The van der Waals surface area contributed by atoms with E-state index in [-0.39, 0.29) is 16.9 Å². The molecule has 0 fully saturated rings. The van der Waals surface area contributed by atoms with Crippen molar-refractivity contribution in [1.82, 2.24) is 9.55 Å². The Balaban J connectivity index is 2.77. The number of methoxy groups -OCH3 is 1. The van der Waals surface area contributed by atoms with Crippen LogP contribution in [0.15, 0.2) is 29.1 Å². The molecule has 0 aliphatic heterocycles. The molecule has 1 heterocycles. The molecule has 5 nitrogen and oxygen atoms in total. The van der Waals surface area contributed by atoms with Gasteiger partial charge in [-0.2, -0.15) is 0 Å². The molecule has 2 N–H and O–H groups in total. The van der Waals surface area contributed by atoms with Gasteiger partial charge >= 0.3 is 0 Å². The molecule has 0 amide bonds. The van der Waals surface area contributed by atoms with Gasteiger partial charge in [0.15, 0.2) is 4.77 Å². The number of aromatic amines is 1. The Morgan fingerprint density at radius 1 is 1.40 bits per heavy atom. The first-order chi connectivity index (χ1) is 9.56. The van der Waals surface area contributed by atoms with Crippen molar-refractivity contribution in [3.63, 3.8) is 0 Å². The topological polar surface area (TPSA) is 67.2 Å². The second kappa shape index (κ2) is 6.02. The number of nitrogens with one attached hydrogen (secondary N) is 1. The van der Waals surface area contributed by atoms with Crippen LogP contribution in [0.2, 0.25) is 0 Å². The highest BCUT2D eigenvalue weighted by molar-refractivity contribution is 7.71. The van der Waals surface area contributed by atoms with Crippen LogP contribution in [0.1, 0.15) is 5.56 Å². The van der Waals surface area contributed by atoms with E-state index >= 15 is 0 Å². The van der Waals surface area contributed by atoms with E-state index in [1.165, 1.54) is 6.07 Å². The van der Waals surface area contributed by atoms with E-state index < -0.39 is 0 Å². The molecular formula is C14H16N2O3S. The standard InChI is InChI=1S/C14H16N2O3S/c1-9-3-4-12(19-2)10(7-9)11-8-13(18)15-14(20)16(11)5-6-17/h3-4,7-8,17H,5-6H2,1-2H3,(H,15,18,20). The Kier molecular flexibility index (Phi) is 4.36. The molecule has 0 saturated carbocycles. The van der Waals surface area contributed by atoms with Crippen molar-refractivity contribution in [2.75, 3.05) is 13.7 Å². The van der Waals surface area contributed by atoms with Crippen molar-refractivity contribution in [2.24, 2.45) is 0 Å². The van der Waals surface area contributed by atoms with Crippen LogP contribution in [-0.2, 0) is 6.54 Å². The van der Waals surface area contributed by atoms with Crippen molar-refractivity contribution in [2.45, 2.75) is 13.5 Å². The van der Waals surface area contributed by atoms with Gasteiger partial charge in [-0.15, -0.1) is 0 Å². The predicted molar refractivity (Wildman–Crippen MR) is 79.7 cm³/mol. The zero-order chi connectivity index (χ0) is 14.7. The van der Waals surface area contributed by atoms with Gasteiger partial charge in [-0.05, 0) is 31.3 Å². The van der Waals surface area contributed by atoms with Crippen LogP contribution in [-0.4, -0.2) is 28.4 Å². The van der Waals surface area contributed by atoms with Gasteiger partial charge in [0, 0.05) is 18.2 Å². The molecule has 0 aliphatic carbocycles. The number of H-pyrrole nitrogens is 1. The van der Waals surface area contributed by atoms with E-state index in [9.17, 15) is 9.90 Å². The van der Waals surface area contributed by atoms with E-state index in [0.29, 0.717) is 18.0 Å². The number of aliphatic hydroxyl groups excluding tert-OH is 1. The number of rotatable bonds is 4. The summed E-state index contributed by atoms with van der Waals surface area (Å²) in [6.45, 7) is 2.20. The largest absolute Gasteiger partial charge is 0.496 e. The second-order valence-corrected chi connectivity index (χ2v) is 4.79. The molecule has 1 aromatic heterocycles. The minimum atomic E-state index is -0.275. The monoisotopic (exact) mass is 292 g/mol. The molecule has 0 saturated heterocycles. The summed E-state index contributed by atoms with van der Waals surface area (Å²) in [5, 5.41) is 9.18. The zero-order valence-electron chi connectivity index (χ0n) is 11.3. The fraction of sp³-hybridized carbons (Fsp3) is 0.286. The average molecular weight is 292 g/mol. The van der Waals surface area contributed by atoms with Crippen LogP contribution >= 0.6 is 12.2 Å². The molecular weight excluding hydrogens is 276 g/mol. The number of aliphatic hydroxyl groups is 1. The Morgan fingerprint density at radius 2 is 2.15 bits per heavy atom. The van der Waals surface area contributed by atoms with Gasteiger partial charge in [0.1, 0.15) is 5.75 Å². The Bertz CT molecular complexity index is 734. The molecule has 20 heavy (non-hydrogen) atoms. The number of nitrogens with zero attached hydrogens (tertiary/aromatic N) is 1. The summed E-state index contributed by atoms with van der Waals surface area (Å²) in [7, 11) is 1.58. The molecule has 2 rings (SSSR count). The number of hydrogen-bond acceptors (Lipinski definition) is 4. The van der Waals surface area contributed by atoms with Gasteiger partial charge in [-0.3, -0.25) is 9.78 Å². The molecule has 0 radical (unpaired) electrons. The molecule has 0 unspecified atom stereocenters. The van der Waals surface area contributed by atoms with Crippen LogP contribution in [0.3, 0.4) is 0 Å². The fourth-order valence-electron chi connectivity index (χ4n) is 2.09. The molecule has 6 heteroatoms. The molecule has 0 atom stereocenters. The molecule has 0 bridgehead atoms. The lowest BCUT2D eigenvalue weighted by Gasteiger charge is -2.15. The summed E-state index contributed by atoms with van der Waals surface area (Å²) in [4.78, 5) is 14.2. The quantitative estimate of drug-likeness (QED) is 0.844. The van der Waals surface area contributed by atoms with Crippen LogP contribution in [0, 0.1) is 11.7 Å². The zero-order valence-corrected chi connectivity index (χ0v) is 12.2. The lowest BCUT2D eigenvalue weighted by atomic mass is 10.1. The second-order valence-electron chi connectivity index (χ2n) is 4.40.